The lowest BCUT2D eigenvalue weighted by Crippen LogP contribution is -2.23. The lowest BCUT2D eigenvalue weighted by Gasteiger charge is -2.15. The largest absolute Gasteiger partial charge is 0.302 e. The predicted octanol–water partition coefficient (Wildman–Crippen LogP) is 3.73. The van der Waals surface area contributed by atoms with Gasteiger partial charge in [-0.1, -0.05) is 18.2 Å². The van der Waals surface area contributed by atoms with E-state index in [1.165, 1.54) is 43.1 Å². The van der Waals surface area contributed by atoms with Crippen molar-refractivity contribution in [3.8, 4) is 0 Å². The van der Waals surface area contributed by atoms with E-state index in [4.69, 9.17) is 11.6 Å². The highest BCUT2D eigenvalue weighted by molar-refractivity contribution is 7.99. The van der Waals surface area contributed by atoms with Crippen molar-refractivity contribution in [3.63, 3.8) is 0 Å². The molecule has 0 N–H and O–H groups in total. The van der Waals surface area contributed by atoms with Gasteiger partial charge < -0.3 is 4.90 Å². The van der Waals surface area contributed by atoms with Gasteiger partial charge >= 0.3 is 0 Å². The van der Waals surface area contributed by atoms with Crippen molar-refractivity contribution in [2.45, 2.75) is 17.7 Å². The molecule has 0 amide bonds. The molecule has 1 heterocycles. The maximum absolute atomic E-state index is 5.79. The van der Waals surface area contributed by atoms with Crippen molar-refractivity contribution >= 4 is 23.4 Å². The standard InChI is InChI=1S/C14H20ClNS/c15-8-6-13-7-9-16(12-13)10-11-17-14-4-2-1-3-5-14/h1-5,13H,6-12H2. The highest BCUT2D eigenvalue weighted by atomic mass is 35.5. The molecular formula is C14H20ClNS. The number of alkyl halides is 1. The van der Waals surface area contributed by atoms with Gasteiger partial charge in [0.25, 0.3) is 0 Å². The van der Waals surface area contributed by atoms with Gasteiger partial charge in [-0.15, -0.1) is 23.4 Å². The van der Waals surface area contributed by atoms with Gasteiger partial charge in [0.2, 0.25) is 0 Å². The van der Waals surface area contributed by atoms with Crippen LogP contribution in [0.4, 0.5) is 0 Å². The number of benzene rings is 1. The van der Waals surface area contributed by atoms with E-state index in [9.17, 15) is 0 Å². The highest BCUT2D eigenvalue weighted by Gasteiger charge is 2.21. The minimum absolute atomic E-state index is 0.817. The molecule has 1 aromatic rings. The molecule has 0 bridgehead atoms. The molecule has 2 rings (SSSR count). The maximum atomic E-state index is 5.79. The molecule has 0 aliphatic carbocycles. The Morgan fingerprint density at radius 2 is 2.12 bits per heavy atom. The summed E-state index contributed by atoms with van der Waals surface area (Å²) in [5, 5.41) is 0. The van der Waals surface area contributed by atoms with Gasteiger partial charge in [0.15, 0.2) is 0 Å². The zero-order valence-corrected chi connectivity index (χ0v) is 11.7. The first-order valence-corrected chi connectivity index (χ1v) is 7.86. The minimum Gasteiger partial charge on any atom is -0.302 e. The van der Waals surface area contributed by atoms with Crippen LogP contribution in [0.25, 0.3) is 0 Å². The Morgan fingerprint density at radius 3 is 2.88 bits per heavy atom. The Labute approximate surface area is 114 Å². The van der Waals surface area contributed by atoms with E-state index in [-0.39, 0.29) is 0 Å². The third-order valence-electron chi connectivity index (χ3n) is 3.31. The van der Waals surface area contributed by atoms with Crippen LogP contribution in [0.1, 0.15) is 12.8 Å². The van der Waals surface area contributed by atoms with Gasteiger partial charge in [-0.25, -0.2) is 0 Å². The minimum atomic E-state index is 0.817. The molecule has 1 atom stereocenters. The van der Waals surface area contributed by atoms with Gasteiger partial charge in [-0.2, -0.15) is 0 Å². The van der Waals surface area contributed by atoms with E-state index in [0.29, 0.717) is 0 Å². The number of rotatable bonds is 6. The molecule has 1 nitrogen and oxygen atoms in total. The van der Waals surface area contributed by atoms with Crippen LogP contribution < -0.4 is 0 Å². The van der Waals surface area contributed by atoms with E-state index in [2.05, 4.69) is 35.2 Å². The summed E-state index contributed by atoms with van der Waals surface area (Å²) in [6.07, 6.45) is 2.52. The third-order valence-corrected chi connectivity index (χ3v) is 4.52. The number of likely N-dealkylation sites (tertiary alicyclic amines) is 1. The van der Waals surface area contributed by atoms with Crippen LogP contribution >= 0.6 is 23.4 Å². The average Bonchev–Trinajstić information content (AvgIpc) is 2.79. The van der Waals surface area contributed by atoms with E-state index in [0.717, 1.165) is 11.8 Å². The van der Waals surface area contributed by atoms with Crippen LogP contribution in [0.5, 0.6) is 0 Å². The Hall–Kier alpha value is -0.180. The molecule has 1 unspecified atom stereocenters. The summed E-state index contributed by atoms with van der Waals surface area (Å²) >= 11 is 7.75. The molecule has 0 saturated carbocycles. The fourth-order valence-corrected chi connectivity index (χ4v) is 3.56. The first-order chi connectivity index (χ1) is 8.38. The SMILES string of the molecule is ClCCC1CCN(CCSc2ccccc2)C1. The summed E-state index contributed by atoms with van der Waals surface area (Å²) in [5.41, 5.74) is 0. The van der Waals surface area contributed by atoms with Gasteiger partial charge in [0.05, 0.1) is 0 Å². The molecule has 0 radical (unpaired) electrons. The van der Waals surface area contributed by atoms with E-state index < -0.39 is 0 Å². The fraction of sp³-hybridized carbons (Fsp3) is 0.571. The first kappa shape index (κ1) is 13.3. The summed E-state index contributed by atoms with van der Waals surface area (Å²) in [7, 11) is 0. The maximum Gasteiger partial charge on any atom is 0.0226 e. The van der Waals surface area contributed by atoms with Crippen LogP contribution in [0, 0.1) is 5.92 Å². The third kappa shape index (κ3) is 4.53. The van der Waals surface area contributed by atoms with E-state index in [1.54, 1.807) is 0 Å². The molecular weight excluding hydrogens is 250 g/mol. The Kier molecular flexibility index (Phi) is 5.69. The van der Waals surface area contributed by atoms with Crippen LogP contribution in [-0.2, 0) is 0 Å². The molecule has 0 spiro atoms. The Morgan fingerprint density at radius 1 is 1.29 bits per heavy atom. The molecule has 1 aliphatic heterocycles. The Balaban J connectivity index is 1.63. The summed E-state index contributed by atoms with van der Waals surface area (Å²) < 4.78 is 0. The highest BCUT2D eigenvalue weighted by Crippen LogP contribution is 2.22. The monoisotopic (exact) mass is 269 g/mol. The molecule has 1 aliphatic rings. The topological polar surface area (TPSA) is 3.24 Å². The lowest BCUT2D eigenvalue weighted by atomic mass is 10.1. The smallest absolute Gasteiger partial charge is 0.0226 e. The van der Waals surface area contributed by atoms with Crippen LogP contribution in [0.2, 0.25) is 0 Å². The normalized spacial score (nSPS) is 20.9. The summed E-state index contributed by atoms with van der Waals surface area (Å²) in [6.45, 7) is 3.72. The van der Waals surface area contributed by atoms with Gasteiger partial charge in [0, 0.05) is 29.6 Å². The number of halogens is 1. The first-order valence-electron chi connectivity index (χ1n) is 6.34. The molecule has 1 saturated heterocycles. The van der Waals surface area contributed by atoms with Gasteiger partial charge in [-0.3, -0.25) is 0 Å². The zero-order valence-electron chi connectivity index (χ0n) is 10.1. The number of nitrogens with zero attached hydrogens (tertiary/aromatic N) is 1. The number of hydrogen-bond acceptors (Lipinski definition) is 2. The second-order valence-electron chi connectivity index (χ2n) is 4.59. The van der Waals surface area contributed by atoms with Crippen LogP contribution in [0.3, 0.4) is 0 Å². The van der Waals surface area contributed by atoms with Crippen molar-refractivity contribution in [1.29, 1.82) is 0 Å². The lowest BCUT2D eigenvalue weighted by molar-refractivity contribution is 0.343. The quantitative estimate of drug-likeness (QED) is 0.572. The second kappa shape index (κ2) is 7.30. The molecule has 94 valence electrons. The number of thioether (sulfide) groups is 1. The summed E-state index contributed by atoms with van der Waals surface area (Å²) in [6, 6.07) is 10.7. The summed E-state index contributed by atoms with van der Waals surface area (Å²) in [5.74, 6) is 2.85. The fourth-order valence-electron chi connectivity index (χ4n) is 2.32. The van der Waals surface area contributed by atoms with Crippen molar-refractivity contribution < 1.29 is 0 Å². The van der Waals surface area contributed by atoms with Crippen LogP contribution in [-0.4, -0.2) is 36.2 Å². The van der Waals surface area contributed by atoms with Crippen molar-refractivity contribution in [1.82, 2.24) is 4.90 Å². The summed E-state index contributed by atoms with van der Waals surface area (Å²) in [4.78, 5) is 3.96. The Bertz CT molecular complexity index is 317. The van der Waals surface area contributed by atoms with Crippen molar-refractivity contribution in [2.24, 2.45) is 5.92 Å². The van der Waals surface area contributed by atoms with Crippen molar-refractivity contribution in [3.05, 3.63) is 30.3 Å². The molecule has 1 aromatic carbocycles. The average molecular weight is 270 g/mol. The molecule has 3 heteroatoms. The van der Waals surface area contributed by atoms with Gasteiger partial charge in [-0.05, 0) is 37.4 Å². The number of hydrogen-bond donors (Lipinski definition) is 0. The van der Waals surface area contributed by atoms with Gasteiger partial charge in [0.1, 0.15) is 0 Å². The molecule has 0 aromatic heterocycles. The molecule has 1 fully saturated rings. The second-order valence-corrected chi connectivity index (χ2v) is 6.14. The zero-order chi connectivity index (χ0) is 11.9. The van der Waals surface area contributed by atoms with E-state index >= 15 is 0 Å². The van der Waals surface area contributed by atoms with Crippen LogP contribution in [0.15, 0.2) is 35.2 Å². The van der Waals surface area contributed by atoms with E-state index in [1.807, 2.05) is 11.8 Å². The molecule has 17 heavy (non-hydrogen) atoms. The predicted molar refractivity (Wildman–Crippen MR) is 77.1 cm³/mol. The van der Waals surface area contributed by atoms with Crippen molar-refractivity contribution in [2.75, 3.05) is 31.3 Å².